The number of nitrogens with zero attached hydrogens (tertiary/aromatic N) is 1. The Morgan fingerprint density at radius 3 is 1.92 bits per heavy atom. The summed E-state index contributed by atoms with van der Waals surface area (Å²) in [6.07, 6.45) is 0.0780. The third-order valence-corrected chi connectivity index (χ3v) is 3.00. The highest BCUT2D eigenvalue weighted by molar-refractivity contribution is 4.93. The maximum atomic E-state index is 8.04. The quantitative estimate of drug-likeness (QED) is 0.540. The molecule has 0 saturated carbocycles. The van der Waals surface area contributed by atoms with E-state index in [2.05, 4.69) is 46.4 Å². The summed E-state index contributed by atoms with van der Waals surface area (Å²) in [7, 11) is 0. The van der Waals surface area contributed by atoms with Crippen LogP contribution in [0.1, 0.15) is 49.3 Å². The minimum atomic E-state index is 0.0780. The van der Waals surface area contributed by atoms with E-state index in [9.17, 15) is 0 Å². The van der Waals surface area contributed by atoms with E-state index in [0.29, 0.717) is 18.0 Å². The van der Waals surface area contributed by atoms with Crippen LogP contribution in [0.3, 0.4) is 0 Å². The predicted octanol–water partition coefficient (Wildman–Crippen LogP) is 2.90. The monoisotopic (exact) mass is 170 g/mol. The van der Waals surface area contributed by atoms with Crippen LogP contribution in [0.15, 0.2) is 0 Å². The highest BCUT2D eigenvalue weighted by atomic mass is 15.3. The number of hydrogen-bond donors (Lipinski definition) is 0. The summed E-state index contributed by atoms with van der Waals surface area (Å²) >= 11 is 0. The van der Waals surface area contributed by atoms with Gasteiger partial charge in [0.25, 0.3) is 0 Å². The van der Waals surface area contributed by atoms with Crippen LogP contribution in [0.2, 0.25) is 0 Å². The summed E-state index contributed by atoms with van der Waals surface area (Å²) < 4.78 is 8.04. The van der Waals surface area contributed by atoms with Gasteiger partial charge in [0.15, 0.2) is 0 Å². The molecule has 0 bridgehead atoms. The molecule has 0 aromatic heterocycles. The zero-order chi connectivity index (χ0) is 10.4. The first-order valence-corrected chi connectivity index (χ1v) is 4.97. The molecule has 0 radical (unpaired) electrons. The lowest BCUT2D eigenvalue weighted by molar-refractivity contribution is 0.0845. The van der Waals surface area contributed by atoms with Crippen molar-refractivity contribution in [2.75, 3.05) is 0 Å². The Labute approximate surface area is 78.5 Å². The average Bonchev–Trinajstić information content (AvgIpc) is 2.14. The zero-order valence-corrected chi connectivity index (χ0v) is 9.26. The highest BCUT2D eigenvalue weighted by Crippen LogP contribution is 2.34. The lowest BCUT2D eigenvalue weighted by Gasteiger charge is -2.39. The largest absolute Gasteiger partial charge is 0.293 e. The third kappa shape index (κ3) is 1.66. The molecule has 12 heavy (non-hydrogen) atoms. The van der Waals surface area contributed by atoms with Crippen LogP contribution in [0, 0.1) is 5.92 Å². The van der Waals surface area contributed by atoms with Gasteiger partial charge in [-0.2, -0.15) is 0 Å². The molecule has 0 aliphatic carbocycles. The Hall–Kier alpha value is -0.0400. The summed E-state index contributed by atoms with van der Waals surface area (Å²) in [4.78, 5) is 2.48. The Bertz CT molecular complexity index is 171. The van der Waals surface area contributed by atoms with Gasteiger partial charge in [-0.15, -0.1) is 0 Å². The van der Waals surface area contributed by atoms with Crippen molar-refractivity contribution < 1.29 is 1.37 Å². The van der Waals surface area contributed by atoms with Crippen LogP contribution in [0.5, 0.6) is 0 Å². The molecule has 4 unspecified atom stereocenters. The zero-order valence-electron chi connectivity index (χ0n) is 10.3. The van der Waals surface area contributed by atoms with Crippen molar-refractivity contribution in [3.05, 3.63) is 0 Å². The maximum Gasteiger partial charge on any atom is 0.0286 e. The molecule has 1 nitrogen and oxygen atoms in total. The van der Waals surface area contributed by atoms with Crippen molar-refractivity contribution in [1.29, 1.82) is 0 Å². The molecule has 1 aliphatic heterocycles. The van der Waals surface area contributed by atoms with Crippen molar-refractivity contribution in [2.45, 2.75) is 65.6 Å². The van der Waals surface area contributed by atoms with Gasteiger partial charge in [-0.3, -0.25) is 4.90 Å². The fraction of sp³-hybridized carbons (Fsp3) is 1.00. The molecule has 0 aromatic carbocycles. The minimum absolute atomic E-state index is 0.0780. The minimum Gasteiger partial charge on any atom is -0.293 e. The van der Waals surface area contributed by atoms with Gasteiger partial charge < -0.3 is 0 Å². The molecule has 0 aromatic rings. The van der Waals surface area contributed by atoms with Crippen molar-refractivity contribution >= 4 is 0 Å². The Balaban J connectivity index is 2.88. The summed E-state index contributed by atoms with van der Waals surface area (Å²) in [5.74, 6) is 0.495. The van der Waals surface area contributed by atoms with E-state index in [1.165, 1.54) is 0 Å². The lowest BCUT2D eigenvalue weighted by Crippen LogP contribution is -2.47. The fourth-order valence-corrected chi connectivity index (χ4v) is 2.54. The van der Waals surface area contributed by atoms with Crippen LogP contribution < -0.4 is 0 Å². The van der Waals surface area contributed by atoms with Crippen LogP contribution in [0.4, 0.5) is 0 Å². The number of rotatable bonds is 0. The molecule has 0 spiro atoms. The first-order chi connectivity index (χ1) is 5.76. The molecule has 1 saturated heterocycles. The molecule has 1 aliphatic rings. The Kier molecular flexibility index (Phi) is 2.16. The van der Waals surface area contributed by atoms with Crippen LogP contribution in [-0.4, -0.2) is 22.5 Å². The van der Waals surface area contributed by atoms with Crippen molar-refractivity contribution in [1.82, 2.24) is 4.90 Å². The average molecular weight is 170 g/mol. The predicted molar refractivity (Wildman–Crippen MR) is 54.3 cm³/mol. The van der Waals surface area contributed by atoms with E-state index in [-0.39, 0.29) is 11.9 Å². The molecule has 0 N–H and O–H groups in total. The molecular weight excluding hydrogens is 146 g/mol. The van der Waals surface area contributed by atoms with Gasteiger partial charge >= 0.3 is 0 Å². The summed E-state index contributed by atoms with van der Waals surface area (Å²) in [5.41, 5.74) is 0.197. The summed E-state index contributed by atoms with van der Waals surface area (Å²) in [5, 5.41) is 0. The molecule has 1 heteroatoms. The first kappa shape index (κ1) is 8.55. The Morgan fingerprint density at radius 1 is 1.25 bits per heavy atom. The second kappa shape index (κ2) is 3.02. The normalized spacial score (nSPS) is 46.3. The highest BCUT2D eigenvalue weighted by Gasteiger charge is 2.39. The van der Waals surface area contributed by atoms with Gasteiger partial charge in [0.05, 0.1) is 0 Å². The number of likely N-dealkylation sites (tertiary alicyclic amines) is 1. The van der Waals surface area contributed by atoms with E-state index in [4.69, 9.17) is 1.37 Å². The maximum absolute atomic E-state index is 8.04. The molecule has 1 heterocycles. The van der Waals surface area contributed by atoms with Crippen molar-refractivity contribution in [2.24, 2.45) is 5.92 Å². The summed E-state index contributed by atoms with van der Waals surface area (Å²) in [6.45, 7) is 13.4. The van der Waals surface area contributed by atoms with Gasteiger partial charge in [-0.1, -0.05) is 6.92 Å². The second-order valence-corrected chi connectivity index (χ2v) is 5.11. The van der Waals surface area contributed by atoms with E-state index in [1.807, 2.05) is 0 Å². The van der Waals surface area contributed by atoms with Crippen LogP contribution in [-0.2, 0) is 0 Å². The van der Waals surface area contributed by atoms with Gasteiger partial charge in [-0.05, 0) is 46.9 Å². The molecule has 72 valence electrons. The lowest BCUT2D eigenvalue weighted by atomic mass is 10.0. The topological polar surface area (TPSA) is 3.24 Å². The molecule has 0 amide bonds. The first-order valence-electron chi connectivity index (χ1n) is 5.55. The van der Waals surface area contributed by atoms with Crippen LogP contribution in [0.25, 0.3) is 0 Å². The number of hydrogen-bond acceptors (Lipinski definition) is 1. The van der Waals surface area contributed by atoms with E-state index in [1.54, 1.807) is 0 Å². The van der Waals surface area contributed by atoms with Gasteiger partial charge in [0.2, 0.25) is 0 Å². The van der Waals surface area contributed by atoms with Gasteiger partial charge in [-0.25, -0.2) is 0 Å². The smallest absolute Gasteiger partial charge is 0.0286 e. The van der Waals surface area contributed by atoms with Crippen molar-refractivity contribution in [3.8, 4) is 0 Å². The molecule has 1 fully saturated rings. The molecule has 1 rings (SSSR count). The van der Waals surface area contributed by atoms with E-state index >= 15 is 0 Å². The van der Waals surface area contributed by atoms with Crippen LogP contribution >= 0.6 is 0 Å². The third-order valence-electron chi connectivity index (χ3n) is 3.00. The molecule has 4 atom stereocenters. The molecular formula is C11H23N. The summed E-state index contributed by atoms with van der Waals surface area (Å²) in [6, 6.07) is 0.933. The van der Waals surface area contributed by atoms with Gasteiger partial charge in [0.1, 0.15) is 0 Å². The van der Waals surface area contributed by atoms with E-state index < -0.39 is 0 Å². The van der Waals surface area contributed by atoms with E-state index in [0.717, 1.165) is 0 Å². The second-order valence-electron chi connectivity index (χ2n) is 5.11. The van der Waals surface area contributed by atoms with Crippen molar-refractivity contribution in [3.63, 3.8) is 0 Å². The SMILES string of the molecule is [2H]C1C(C)C(C)N(C(C)(C)C)C1C. The fourth-order valence-electron chi connectivity index (χ4n) is 2.54. The Morgan fingerprint density at radius 2 is 1.75 bits per heavy atom. The van der Waals surface area contributed by atoms with Gasteiger partial charge in [0, 0.05) is 19.0 Å². The standard InChI is InChI=1S/C11H23N/c1-8-7-9(2)12(10(8)3)11(4,5)6/h8-10H,7H2,1-6H3/i7D.